The molecule has 0 saturated heterocycles. The summed E-state index contributed by atoms with van der Waals surface area (Å²) in [7, 11) is -1.98. The van der Waals surface area contributed by atoms with Crippen LogP contribution in [0.15, 0.2) is 71.1 Å². The third kappa shape index (κ3) is 5.16. The number of anilines is 1. The molecule has 0 atom stereocenters. The second-order valence-electron chi connectivity index (χ2n) is 9.03. The molecule has 0 fully saturated rings. The zero-order chi connectivity index (χ0) is 25.9. The predicted molar refractivity (Wildman–Crippen MR) is 147 cm³/mol. The van der Waals surface area contributed by atoms with E-state index in [0.717, 1.165) is 41.5 Å². The van der Waals surface area contributed by atoms with E-state index in [1.165, 1.54) is 10.6 Å². The van der Waals surface area contributed by atoms with Crippen molar-refractivity contribution in [1.82, 2.24) is 5.32 Å². The molecule has 4 rings (SSSR count). The summed E-state index contributed by atoms with van der Waals surface area (Å²) in [4.78, 5) is 13.1. The van der Waals surface area contributed by atoms with Crippen LogP contribution in [-0.4, -0.2) is 34.2 Å². The van der Waals surface area contributed by atoms with Gasteiger partial charge in [0.1, 0.15) is 11.3 Å². The Hall–Kier alpha value is -3.58. The van der Waals surface area contributed by atoms with Crippen LogP contribution in [0.5, 0.6) is 0 Å². The van der Waals surface area contributed by atoms with Crippen molar-refractivity contribution >= 4 is 32.6 Å². The number of carbonyl (C=O) groups is 1. The molecule has 0 radical (unpaired) electrons. The molecule has 1 heterocycles. The second kappa shape index (κ2) is 10.6. The third-order valence-corrected chi connectivity index (χ3v) is 7.47. The van der Waals surface area contributed by atoms with E-state index in [1.54, 1.807) is 13.1 Å². The number of benzene rings is 3. The van der Waals surface area contributed by atoms with Crippen molar-refractivity contribution in [2.24, 2.45) is 0 Å². The average Bonchev–Trinajstić information content (AvgIpc) is 3.24. The highest BCUT2D eigenvalue weighted by atomic mass is 32.2. The number of unbranched alkanes of at least 4 members (excludes halogenated alkanes) is 2. The van der Waals surface area contributed by atoms with Gasteiger partial charge in [0.05, 0.1) is 17.5 Å². The molecule has 0 bridgehead atoms. The monoisotopic (exact) mass is 504 g/mol. The number of furan rings is 1. The highest BCUT2D eigenvalue weighted by molar-refractivity contribution is 7.92. The van der Waals surface area contributed by atoms with Crippen LogP contribution in [0.2, 0.25) is 0 Å². The molecule has 36 heavy (non-hydrogen) atoms. The molecule has 7 heteroatoms. The minimum Gasteiger partial charge on any atom is -0.455 e. The standard InChI is InChI=1S/C29H32N2O4S/c1-5-6-10-17-31(36(4,33)34)25-19-26-24(18-23(25)21-11-8-7-9-12-21)27(29(32)30-3)28(35-26)22-15-13-20(2)14-16-22/h7-9,11-16,18-19H,5-6,10,17H2,1-4H3,(H,30,32). The smallest absolute Gasteiger partial charge is 0.255 e. The molecule has 4 aromatic rings. The van der Waals surface area contributed by atoms with Gasteiger partial charge >= 0.3 is 0 Å². The molecule has 0 spiro atoms. The molecular weight excluding hydrogens is 472 g/mol. The van der Waals surface area contributed by atoms with Crippen LogP contribution in [0.4, 0.5) is 5.69 Å². The number of fused-ring (bicyclic) bond motifs is 1. The van der Waals surface area contributed by atoms with Gasteiger partial charge in [-0.3, -0.25) is 9.10 Å². The number of rotatable bonds is 9. The van der Waals surface area contributed by atoms with E-state index in [-0.39, 0.29) is 5.91 Å². The minimum absolute atomic E-state index is 0.265. The molecular formula is C29H32N2O4S. The largest absolute Gasteiger partial charge is 0.455 e. The first-order valence-corrected chi connectivity index (χ1v) is 14.0. The summed E-state index contributed by atoms with van der Waals surface area (Å²) in [5.41, 5.74) is 4.90. The van der Waals surface area contributed by atoms with Gasteiger partial charge in [0.25, 0.3) is 5.91 Å². The summed E-state index contributed by atoms with van der Waals surface area (Å²) in [6.45, 7) is 4.45. The fourth-order valence-electron chi connectivity index (χ4n) is 4.42. The molecule has 0 saturated carbocycles. The van der Waals surface area contributed by atoms with E-state index in [9.17, 15) is 13.2 Å². The maximum Gasteiger partial charge on any atom is 0.255 e. The van der Waals surface area contributed by atoms with Crippen molar-refractivity contribution in [1.29, 1.82) is 0 Å². The Morgan fingerprint density at radius 3 is 2.28 bits per heavy atom. The Bertz CT molecular complexity index is 1470. The SMILES string of the molecule is CCCCCN(c1cc2oc(-c3ccc(C)cc3)c(C(=O)NC)c2cc1-c1ccccc1)S(C)(=O)=O. The summed E-state index contributed by atoms with van der Waals surface area (Å²) >= 11 is 0. The van der Waals surface area contributed by atoms with Gasteiger partial charge in [-0.05, 0) is 25.0 Å². The van der Waals surface area contributed by atoms with Crippen LogP contribution in [0.1, 0.15) is 42.1 Å². The summed E-state index contributed by atoms with van der Waals surface area (Å²) < 4.78 is 33.7. The fraction of sp³-hybridized carbons (Fsp3) is 0.276. The lowest BCUT2D eigenvalue weighted by Gasteiger charge is -2.25. The molecule has 0 aliphatic rings. The molecule has 1 aromatic heterocycles. The van der Waals surface area contributed by atoms with Gasteiger partial charge in [-0.25, -0.2) is 8.42 Å². The Kier molecular flexibility index (Phi) is 7.50. The number of carbonyl (C=O) groups excluding carboxylic acids is 1. The second-order valence-corrected chi connectivity index (χ2v) is 10.9. The number of hydrogen-bond donors (Lipinski definition) is 1. The van der Waals surface area contributed by atoms with Gasteiger partial charge in [-0.15, -0.1) is 0 Å². The number of aryl methyl sites for hydroxylation is 1. The number of nitrogens with zero attached hydrogens (tertiary/aromatic N) is 1. The first kappa shape index (κ1) is 25.5. The highest BCUT2D eigenvalue weighted by Crippen LogP contribution is 2.41. The number of hydrogen-bond acceptors (Lipinski definition) is 4. The summed E-state index contributed by atoms with van der Waals surface area (Å²) in [6, 6.07) is 21.1. The van der Waals surface area contributed by atoms with E-state index in [0.29, 0.717) is 34.5 Å². The molecule has 0 aliphatic heterocycles. The van der Waals surface area contributed by atoms with Crippen molar-refractivity contribution in [3.8, 4) is 22.5 Å². The molecule has 6 nitrogen and oxygen atoms in total. The van der Waals surface area contributed by atoms with Crippen LogP contribution < -0.4 is 9.62 Å². The Morgan fingerprint density at radius 1 is 0.972 bits per heavy atom. The molecule has 1 amide bonds. The average molecular weight is 505 g/mol. The lowest BCUT2D eigenvalue weighted by molar-refractivity contribution is 0.0964. The number of sulfonamides is 1. The maximum atomic E-state index is 13.1. The van der Waals surface area contributed by atoms with Gasteiger partial charge in [0, 0.05) is 36.2 Å². The summed E-state index contributed by atoms with van der Waals surface area (Å²) in [5.74, 6) is 0.191. The molecule has 1 N–H and O–H groups in total. The number of nitrogens with one attached hydrogen (secondary N) is 1. The predicted octanol–water partition coefficient (Wildman–Crippen LogP) is 6.39. The van der Waals surface area contributed by atoms with E-state index < -0.39 is 10.0 Å². The summed E-state index contributed by atoms with van der Waals surface area (Å²) in [6.07, 6.45) is 3.88. The maximum absolute atomic E-state index is 13.1. The normalized spacial score (nSPS) is 11.6. The van der Waals surface area contributed by atoms with E-state index in [1.807, 2.05) is 67.6 Å². The minimum atomic E-state index is -3.57. The Balaban J connectivity index is 2.03. The quantitative estimate of drug-likeness (QED) is 0.268. The van der Waals surface area contributed by atoms with Gasteiger partial charge < -0.3 is 9.73 Å². The van der Waals surface area contributed by atoms with Crippen LogP contribution in [-0.2, 0) is 10.0 Å². The molecule has 0 unspecified atom stereocenters. The summed E-state index contributed by atoms with van der Waals surface area (Å²) in [5, 5.41) is 3.36. The van der Waals surface area contributed by atoms with Crippen molar-refractivity contribution < 1.29 is 17.6 Å². The lowest BCUT2D eigenvalue weighted by Crippen LogP contribution is -2.31. The van der Waals surface area contributed by atoms with Gasteiger partial charge in [-0.1, -0.05) is 79.9 Å². The lowest BCUT2D eigenvalue weighted by atomic mass is 9.98. The molecule has 188 valence electrons. The van der Waals surface area contributed by atoms with Crippen LogP contribution in [0.25, 0.3) is 33.4 Å². The van der Waals surface area contributed by atoms with Crippen molar-refractivity contribution in [3.05, 3.63) is 77.9 Å². The zero-order valence-corrected chi connectivity index (χ0v) is 22.0. The first-order chi connectivity index (χ1) is 17.2. The van der Waals surface area contributed by atoms with Crippen LogP contribution >= 0.6 is 0 Å². The van der Waals surface area contributed by atoms with E-state index in [4.69, 9.17) is 4.42 Å². The van der Waals surface area contributed by atoms with E-state index >= 15 is 0 Å². The highest BCUT2D eigenvalue weighted by Gasteiger charge is 2.27. The van der Waals surface area contributed by atoms with Gasteiger partial charge in [-0.2, -0.15) is 0 Å². The van der Waals surface area contributed by atoms with Crippen LogP contribution in [0.3, 0.4) is 0 Å². The van der Waals surface area contributed by atoms with Gasteiger partial charge in [0.15, 0.2) is 0 Å². The van der Waals surface area contributed by atoms with E-state index in [2.05, 4.69) is 12.2 Å². The van der Waals surface area contributed by atoms with Gasteiger partial charge in [0.2, 0.25) is 10.0 Å². The van der Waals surface area contributed by atoms with Crippen molar-refractivity contribution in [2.75, 3.05) is 24.2 Å². The molecule has 0 aliphatic carbocycles. The topological polar surface area (TPSA) is 79.6 Å². The Morgan fingerprint density at radius 2 is 1.67 bits per heavy atom. The zero-order valence-electron chi connectivity index (χ0n) is 21.2. The first-order valence-electron chi connectivity index (χ1n) is 12.2. The third-order valence-electron chi connectivity index (χ3n) is 6.29. The van der Waals surface area contributed by atoms with Crippen molar-refractivity contribution in [2.45, 2.75) is 33.1 Å². The van der Waals surface area contributed by atoms with Crippen LogP contribution in [0, 0.1) is 6.92 Å². The number of amides is 1. The molecule has 3 aromatic carbocycles. The van der Waals surface area contributed by atoms with Crippen molar-refractivity contribution in [3.63, 3.8) is 0 Å². The fourth-order valence-corrected chi connectivity index (χ4v) is 5.39. The Labute approximate surface area is 213 Å².